The highest BCUT2D eigenvalue weighted by Crippen LogP contribution is 2.25. The largest absolute Gasteiger partial charge is 0.497 e. The molecule has 0 fully saturated rings. The van der Waals surface area contributed by atoms with Gasteiger partial charge in [-0.25, -0.2) is 0 Å². The van der Waals surface area contributed by atoms with Gasteiger partial charge in [0, 0.05) is 0 Å². The normalized spacial score (nSPS) is 10.5. The van der Waals surface area contributed by atoms with Crippen molar-refractivity contribution in [2.75, 3.05) is 20.0 Å². The summed E-state index contributed by atoms with van der Waals surface area (Å²) in [5, 5.41) is 0. The first-order valence-electron chi connectivity index (χ1n) is 6.06. The summed E-state index contributed by atoms with van der Waals surface area (Å²) in [6.45, 7) is 1.86. The third kappa shape index (κ3) is 2.99. The molecule has 5 heteroatoms. The molecule has 2 aromatic rings. The Morgan fingerprint density at radius 2 is 2.00 bits per heavy atom. The van der Waals surface area contributed by atoms with Crippen LogP contribution in [0.1, 0.15) is 17.0 Å². The van der Waals surface area contributed by atoms with Gasteiger partial charge in [-0.2, -0.15) is 4.98 Å². The maximum atomic E-state index is 5.53. The van der Waals surface area contributed by atoms with Gasteiger partial charge in [0.05, 0.1) is 19.9 Å². The Morgan fingerprint density at radius 1 is 1.21 bits per heavy atom. The fourth-order valence-electron chi connectivity index (χ4n) is 2.01. The zero-order valence-electron chi connectivity index (χ0n) is 11.4. The number of anilines is 1. The number of aryl methyl sites for hydroxylation is 3. The molecule has 0 radical (unpaired) electrons. The number of hydrogen-bond donors (Lipinski definition) is 1. The number of nitrogens with zero attached hydrogens (tertiary/aromatic N) is 1. The van der Waals surface area contributed by atoms with Gasteiger partial charge < -0.3 is 19.6 Å². The first-order valence-corrected chi connectivity index (χ1v) is 6.06. The van der Waals surface area contributed by atoms with Gasteiger partial charge in [-0.1, -0.05) is 0 Å². The number of hydrogen-bond acceptors (Lipinski definition) is 5. The molecule has 0 unspecified atom stereocenters. The molecule has 1 heterocycles. The summed E-state index contributed by atoms with van der Waals surface area (Å²) in [5.74, 6) is 2.42. The minimum atomic E-state index is 0.213. The SMILES string of the molecule is COc1ccc(OC)c(CCc2nc(N)oc2C)c1. The fraction of sp³-hybridized carbons (Fsp3) is 0.357. The first-order chi connectivity index (χ1) is 9.13. The van der Waals surface area contributed by atoms with Crippen LogP contribution in [0.15, 0.2) is 22.6 Å². The third-order valence-electron chi connectivity index (χ3n) is 3.03. The van der Waals surface area contributed by atoms with E-state index in [1.54, 1.807) is 14.2 Å². The molecule has 0 amide bonds. The van der Waals surface area contributed by atoms with Crippen LogP contribution in [0.2, 0.25) is 0 Å². The van der Waals surface area contributed by atoms with E-state index in [9.17, 15) is 0 Å². The Hall–Kier alpha value is -2.17. The third-order valence-corrected chi connectivity index (χ3v) is 3.03. The average Bonchev–Trinajstić information content (AvgIpc) is 2.74. The second-order valence-electron chi connectivity index (χ2n) is 4.23. The van der Waals surface area contributed by atoms with E-state index in [0.29, 0.717) is 0 Å². The first kappa shape index (κ1) is 13.3. The van der Waals surface area contributed by atoms with Gasteiger partial charge in [0.25, 0.3) is 6.01 Å². The number of rotatable bonds is 5. The molecule has 0 aliphatic rings. The maximum Gasteiger partial charge on any atom is 0.292 e. The van der Waals surface area contributed by atoms with Crippen LogP contribution in [0, 0.1) is 6.92 Å². The van der Waals surface area contributed by atoms with Crippen molar-refractivity contribution in [3.05, 3.63) is 35.2 Å². The molecule has 2 N–H and O–H groups in total. The lowest BCUT2D eigenvalue weighted by Gasteiger charge is -2.09. The van der Waals surface area contributed by atoms with E-state index in [2.05, 4.69) is 4.98 Å². The van der Waals surface area contributed by atoms with E-state index >= 15 is 0 Å². The zero-order valence-corrected chi connectivity index (χ0v) is 11.4. The summed E-state index contributed by atoms with van der Waals surface area (Å²) in [6, 6.07) is 5.96. The molecule has 1 aromatic carbocycles. The summed E-state index contributed by atoms with van der Waals surface area (Å²) in [7, 11) is 3.30. The van der Waals surface area contributed by atoms with Crippen molar-refractivity contribution in [1.82, 2.24) is 4.98 Å². The summed E-state index contributed by atoms with van der Waals surface area (Å²) in [5.41, 5.74) is 7.48. The highest BCUT2D eigenvalue weighted by molar-refractivity contribution is 5.40. The molecule has 0 aliphatic heterocycles. The standard InChI is InChI=1S/C14H18N2O3/c1-9-12(16-14(15)19-9)6-4-10-8-11(17-2)5-7-13(10)18-3/h5,7-8H,4,6H2,1-3H3,(H2,15,16). The predicted octanol–water partition coefficient (Wildman–Crippen LogP) is 2.37. The van der Waals surface area contributed by atoms with Crippen molar-refractivity contribution in [3.8, 4) is 11.5 Å². The number of benzene rings is 1. The molecule has 102 valence electrons. The highest BCUT2D eigenvalue weighted by Gasteiger charge is 2.10. The molecular weight excluding hydrogens is 244 g/mol. The van der Waals surface area contributed by atoms with Crippen LogP contribution in [-0.2, 0) is 12.8 Å². The maximum absolute atomic E-state index is 5.53. The van der Waals surface area contributed by atoms with E-state index in [0.717, 1.165) is 41.4 Å². The Bertz CT molecular complexity index is 564. The van der Waals surface area contributed by atoms with Crippen LogP contribution in [0.4, 0.5) is 6.01 Å². The lowest BCUT2D eigenvalue weighted by molar-refractivity contribution is 0.398. The molecular formula is C14H18N2O3. The molecule has 0 atom stereocenters. The second kappa shape index (κ2) is 5.65. The number of methoxy groups -OCH3 is 2. The van der Waals surface area contributed by atoms with Crippen LogP contribution in [0.3, 0.4) is 0 Å². The highest BCUT2D eigenvalue weighted by atomic mass is 16.5. The Kier molecular flexibility index (Phi) is 3.94. The molecule has 0 spiro atoms. The molecule has 0 bridgehead atoms. The lowest BCUT2D eigenvalue weighted by Crippen LogP contribution is -1.98. The fourth-order valence-corrected chi connectivity index (χ4v) is 2.01. The van der Waals surface area contributed by atoms with E-state index < -0.39 is 0 Å². The molecule has 2 rings (SSSR count). The zero-order chi connectivity index (χ0) is 13.8. The Morgan fingerprint density at radius 3 is 2.58 bits per heavy atom. The average molecular weight is 262 g/mol. The van der Waals surface area contributed by atoms with Gasteiger partial charge in [0.1, 0.15) is 17.3 Å². The minimum absolute atomic E-state index is 0.213. The van der Waals surface area contributed by atoms with E-state index in [-0.39, 0.29) is 6.01 Å². The monoisotopic (exact) mass is 262 g/mol. The summed E-state index contributed by atoms with van der Waals surface area (Å²) in [4.78, 5) is 4.16. The van der Waals surface area contributed by atoms with E-state index in [4.69, 9.17) is 19.6 Å². The molecule has 0 saturated heterocycles. The van der Waals surface area contributed by atoms with Crippen molar-refractivity contribution in [1.29, 1.82) is 0 Å². The Labute approximate surface area is 112 Å². The molecule has 0 saturated carbocycles. The lowest BCUT2D eigenvalue weighted by atomic mass is 10.1. The molecule has 19 heavy (non-hydrogen) atoms. The van der Waals surface area contributed by atoms with Crippen molar-refractivity contribution < 1.29 is 13.9 Å². The van der Waals surface area contributed by atoms with Crippen LogP contribution in [0.25, 0.3) is 0 Å². The van der Waals surface area contributed by atoms with E-state index in [1.807, 2.05) is 25.1 Å². The van der Waals surface area contributed by atoms with E-state index in [1.165, 1.54) is 0 Å². The molecule has 5 nitrogen and oxygen atoms in total. The topological polar surface area (TPSA) is 70.5 Å². The molecule has 1 aromatic heterocycles. The quantitative estimate of drug-likeness (QED) is 0.895. The van der Waals surface area contributed by atoms with Gasteiger partial charge >= 0.3 is 0 Å². The van der Waals surface area contributed by atoms with Crippen LogP contribution >= 0.6 is 0 Å². The van der Waals surface area contributed by atoms with Gasteiger partial charge in [-0.3, -0.25) is 0 Å². The number of ether oxygens (including phenoxy) is 2. The van der Waals surface area contributed by atoms with Crippen molar-refractivity contribution in [2.45, 2.75) is 19.8 Å². The summed E-state index contributed by atoms with van der Waals surface area (Å²) < 4.78 is 15.8. The van der Waals surface area contributed by atoms with Gasteiger partial charge in [0.2, 0.25) is 0 Å². The molecule has 0 aliphatic carbocycles. The van der Waals surface area contributed by atoms with Gasteiger partial charge in [0.15, 0.2) is 0 Å². The van der Waals surface area contributed by atoms with Crippen LogP contribution in [-0.4, -0.2) is 19.2 Å². The summed E-state index contributed by atoms with van der Waals surface area (Å²) >= 11 is 0. The van der Waals surface area contributed by atoms with Crippen LogP contribution < -0.4 is 15.2 Å². The van der Waals surface area contributed by atoms with Crippen LogP contribution in [0.5, 0.6) is 11.5 Å². The number of nitrogens with two attached hydrogens (primary N) is 1. The van der Waals surface area contributed by atoms with Crippen molar-refractivity contribution in [3.63, 3.8) is 0 Å². The number of aromatic nitrogens is 1. The number of nitrogen functional groups attached to an aromatic ring is 1. The van der Waals surface area contributed by atoms with Crippen molar-refractivity contribution >= 4 is 6.01 Å². The van der Waals surface area contributed by atoms with Gasteiger partial charge in [-0.05, 0) is 43.5 Å². The number of oxazole rings is 1. The minimum Gasteiger partial charge on any atom is -0.497 e. The summed E-state index contributed by atoms with van der Waals surface area (Å²) in [6.07, 6.45) is 1.53. The van der Waals surface area contributed by atoms with Crippen molar-refractivity contribution in [2.24, 2.45) is 0 Å². The van der Waals surface area contributed by atoms with Gasteiger partial charge in [-0.15, -0.1) is 0 Å². The predicted molar refractivity (Wildman–Crippen MR) is 72.6 cm³/mol. The smallest absolute Gasteiger partial charge is 0.292 e. The second-order valence-corrected chi connectivity index (χ2v) is 4.23. The Balaban J connectivity index is 2.16.